The zero-order chi connectivity index (χ0) is 18.8. The Labute approximate surface area is 151 Å². The van der Waals surface area contributed by atoms with E-state index in [9.17, 15) is 9.59 Å². The Hall–Kier alpha value is -3.42. The Bertz CT molecular complexity index is 653. The molecule has 0 aliphatic rings. The fourth-order valence-electron chi connectivity index (χ4n) is 1.93. The summed E-state index contributed by atoms with van der Waals surface area (Å²) >= 11 is 0. The number of nitrogen functional groups attached to an aromatic ring is 2. The maximum Gasteiger partial charge on any atom is 0.258 e. The van der Waals surface area contributed by atoms with Gasteiger partial charge in [-0.2, -0.15) is 0 Å². The summed E-state index contributed by atoms with van der Waals surface area (Å²) < 4.78 is 10.6. The van der Waals surface area contributed by atoms with Crippen molar-refractivity contribution in [3.05, 3.63) is 48.5 Å². The third-order valence-electron chi connectivity index (χ3n) is 3.27. The maximum atomic E-state index is 11.7. The van der Waals surface area contributed by atoms with E-state index in [1.807, 2.05) is 0 Å². The molecule has 0 fully saturated rings. The average Bonchev–Trinajstić information content (AvgIpc) is 2.64. The molecular formula is C18H22N4O4. The number of ether oxygens (including phenoxy) is 2. The van der Waals surface area contributed by atoms with Crippen molar-refractivity contribution in [3.8, 4) is 11.5 Å². The molecule has 2 rings (SSSR count). The van der Waals surface area contributed by atoms with Crippen molar-refractivity contribution in [2.24, 2.45) is 0 Å². The SMILES string of the molecule is Nc1ccc(OCC(=O)NCCNC(=O)COc2ccc(N)cc2)cc1. The van der Waals surface area contributed by atoms with Crippen LogP contribution in [0.25, 0.3) is 0 Å². The molecule has 2 amide bonds. The minimum absolute atomic E-state index is 0.113. The molecule has 0 saturated carbocycles. The summed E-state index contributed by atoms with van der Waals surface area (Å²) in [7, 11) is 0. The van der Waals surface area contributed by atoms with Crippen LogP contribution < -0.4 is 31.6 Å². The molecule has 138 valence electrons. The van der Waals surface area contributed by atoms with Gasteiger partial charge in [0.1, 0.15) is 11.5 Å². The fourth-order valence-corrected chi connectivity index (χ4v) is 1.93. The third kappa shape index (κ3) is 7.00. The predicted molar refractivity (Wildman–Crippen MR) is 98.7 cm³/mol. The van der Waals surface area contributed by atoms with E-state index in [0.29, 0.717) is 22.9 Å². The topological polar surface area (TPSA) is 129 Å². The average molecular weight is 358 g/mol. The van der Waals surface area contributed by atoms with Gasteiger partial charge in [-0.3, -0.25) is 9.59 Å². The Morgan fingerprint density at radius 3 is 1.38 bits per heavy atom. The zero-order valence-electron chi connectivity index (χ0n) is 14.2. The van der Waals surface area contributed by atoms with Crippen molar-refractivity contribution in [2.45, 2.75) is 0 Å². The monoisotopic (exact) mass is 358 g/mol. The maximum absolute atomic E-state index is 11.7. The van der Waals surface area contributed by atoms with Crippen LogP contribution in [0.2, 0.25) is 0 Å². The van der Waals surface area contributed by atoms with E-state index in [2.05, 4.69) is 10.6 Å². The van der Waals surface area contributed by atoms with Crippen molar-refractivity contribution in [3.63, 3.8) is 0 Å². The van der Waals surface area contributed by atoms with Crippen molar-refractivity contribution >= 4 is 23.2 Å². The molecule has 0 heterocycles. The van der Waals surface area contributed by atoms with E-state index in [1.165, 1.54) is 0 Å². The number of hydrogen-bond acceptors (Lipinski definition) is 6. The van der Waals surface area contributed by atoms with Gasteiger partial charge >= 0.3 is 0 Å². The lowest BCUT2D eigenvalue weighted by molar-refractivity contribution is -0.124. The lowest BCUT2D eigenvalue weighted by Crippen LogP contribution is -2.38. The number of amides is 2. The van der Waals surface area contributed by atoms with Crippen molar-refractivity contribution in [1.82, 2.24) is 10.6 Å². The molecule has 0 aliphatic heterocycles. The number of benzene rings is 2. The van der Waals surface area contributed by atoms with Gasteiger partial charge in [-0.15, -0.1) is 0 Å². The summed E-state index contributed by atoms with van der Waals surface area (Å²) in [5.74, 6) is 0.549. The quantitative estimate of drug-likeness (QED) is 0.382. The molecule has 2 aromatic carbocycles. The molecule has 0 radical (unpaired) electrons. The summed E-state index contributed by atoms with van der Waals surface area (Å²) in [6, 6.07) is 13.5. The highest BCUT2D eigenvalue weighted by Crippen LogP contribution is 2.13. The molecule has 0 atom stereocenters. The number of carbonyl (C=O) groups excluding carboxylic acids is 2. The van der Waals surface area contributed by atoms with Gasteiger partial charge in [-0.05, 0) is 48.5 Å². The van der Waals surface area contributed by atoms with Crippen LogP contribution in [0.4, 0.5) is 11.4 Å². The van der Waals surface area contributed by atoms with Crippen LogP contribution in [0.5, 0.6) is 11.5 Å². The van der Waals surface area contributed by atoms with Gasteiger partial charge in [0.2, 0.25) is 0 Å². The van der Waals surface area contributed by atoms with Gasteiger partial charge < -0.3 is 31.6 Å². The van der Waals surface area contributed by atoms with Crippen LogP contribution in [0.1, 0.15) is 0 Å². The molecular weight excluding hydrogens is 336 g/mol. The first kappa shape index (κ1) is 18.9. The number of nitrogens with two attached hydrogens (primary N) is 2. The standard InChI is InChI=1S/C18H22N4O4/c19-13-1-5-15(6-2-13)25-11-17(23)21-9-10-22-18(24)12-26-16-7-3-14(20)4-8-16/h1-8H,9-12,19-20H2,(H,21,23)(H,22,24). The lowest BCUT2D eigenvalue weighted by atomic mass is 10.3. The second-order valence-electron chi connectivity index (χ2n) is 5.42. The summed E-state index contributed by atoms with van der Waals surface area (Å²) in [5.41, 5.74) is 12.4. The molecule has 0 saturated heterocycles. The Morgan fingerprint density at radius 1 is 0.692 bits per heavy atom. The van der Waals surface area contributed by atoms with Gasteiger partial charge in [-0.25, -0.2) is 0 Å². The van der Waals surface area contributed by atoms with Crippen LogP contribution >= 0.6 is 0 Å². The zero-order valence-corrected chi connectivity index (χ0v) is 14.2. The third-order valence-corrected chi connectivity index (χ3v) is 3.27. The Balaban J connectivity index is 1.54. The number of hydrogen-bond donors (Lipinski definition) is 4. The van der Waals surface area contributed by atoms with Crippen LogP contribution in [-0.2, 0) is 9.59 Å². The van der Waals surface area contributed by atoms with E-state index in [0.717, 1.165) is 0 Å². The highest BCUT2D eigenvalue weighted by Gasteiger charge is 2.04. The molecule has 2 aromatic rings. The first-order valence-corrected chi connectivity index (χ1v) is 8.03. The highest BCUT2D eigenvalue weighted by atomic mass is 16.5. The molecule has 0 unspecified atom stereocenters. The van der Waals surface area contributed by atoms with Crippen LogP contribution in [-0.4, -0.2) is 38.1 Å². The van der Waals surface area contributed by atoms with E-state index >= 15 is 0 Å². The van der Waals surface area contributed by atoms with Crippen molar-refractivity contribution in [1.29, 1.82) is 0 Å². The van der Waals surface area contributed by atoms with Crippen LogP contribution in [0, 0.1) is 0 Å². The number of nitrogens with one attached hydrogen (secondary N) is 2. The fraction of sp³-hybridized carbons (Fsp3) is 0.222. The molecule has 0 bridgehead atoms. The largest absolute Gasteiger partial charge is 0.484 e. The summed E-state index contributed by atoms with van der Waals surface area (Å²) in [6.07, 6.45) is 0. The van der Waals surface area contributed by atoms with Gasteiger partial charge in [0.25, 0.3) is 11.8 Å². The molecule has 6 N–H and O–H groups in total. The Kier molecular flexibility index (Phi) is 7.11. The molecule has 8 heteroatoms. The number of rotatable bonds is 9. The Morgan fingerprint density at radius 2 is 1.04 bits per heavy atom. The highest BCUT2D eigenvalue weighted by molar-refractivity contribution is 5.78. The lowest BCUT2D eigenvalue weighted by Gasteiger charge is -2.09. The molecule has 26 heavy (non-hydrogen) atoms. The van der Waals surface area contributed by atoms with E-state index < -0.39 is 0 Å². The smallest absolute Gasteiger partial charge is 0.258 e. The first-order chi connectivity index (χ1) is 12.5. The van der Waals surface area contributed by atoms with Gasteiger partial charge in [0, 0.05) is 24.5 Å². The normalized spacial score (nSPS) is 10.0. The minimum atomic E-state index is -0.283. The van der Waals surface area contributed by atoms with Crippen molar-refractivity contribution < 1.29 is 19.1 Å². The first-order valence-electron chi connectivity index (χ1n) is 8.03. The summed E-state index contributed by atoms with van der Waals surface area (Å²) in [4.78, 5) is 23.3. The van der Waals surface area contributed by atoms with E-state index in [1.54, 1.807) is 48.5 Å². The van der Waals surface area contributed by atoms with Crippen LogP contribution in [0.15, 0.2) is 48.5 Å². The predicted octanol–water partition coefficient (Wildman–Crippen LogP) is 0.541. The van der Waals surface area contributed by atoms with Crippen LogP contribution in [0.3, 0.4) is 0 Å². The van der Waals surface area contributed by atoms with Gasteiger partial charge in [-0.1, -0.05) is 0 Å². The number of anilines is 2. The van der Waals surface area contributed by atoms with Gasteiger partial charge in [0.15, 0.2) is 13.2 Å². The second-order valence-corrected chi connectivity index (χ2v) is 5.42. The minimum Gasteiger partial charge on any atom is -0.484 e. The summed E-state index contributed by atoms with van der Waals surface area (Å²) in [5, 5.41) is 5.28. The molecule has 0 aliphatic carbocycles. The second kappa shape index (κ2) is 9.77. The van der Waals surface area contributed by atoms with E-state index in [4.69, 9.17) is 20.9 Å². The molecule has 0 aromatic heterocycles. The molecule has 0 spiro atoms. The number of carbonyl (C=O) groups is 2. The van der Waals surface area contributed by atoms with E-state index in [-0.39, 0.29) is 38.1 Å². The summed E-state index contributed by atoms with van der Waals surface area (Å²) in [6.45, 7) is 0.352. The van der Waals surface area contributed by atoms with Gasteiger partial charge in [0.05, 0.1) is 0 Å². The van der Waals surface area contributed by atoms with Crippen molar-refractivity contribution in [2.75, 3.05) is 37.8 Å². The molecule has 8 nitrogen and oxygen atoms in total.